The van der Waals surface area contributed by atoms with Crippen LogP contribution in [0.25, 0.3) is 0 Å². The van der Waals surface area contributed by atoms with Gasteiger partial charge in [-0.1, -0.05) is 89.9 Å². The highest BCUT2D eigenvalue weighted by atomic mass is 15.4. The lowest BCUT2D eigenvalue weighted by Gasteiger charge is -2.53. The third-order valence-corrected chi connectivity index (χ3v) is 24.4. The van der Waals surface area contributed by atoms with Crippen LogP contribution in [0.4, 0.5) is 0 Å². The molecule has 0 amide bonds. The van der Waals surface area contributed by atoms with Gasteiger partial charge in [0.05, 0.1) is 0 Å². The normalized spacial score (nSPS) is 59.0. The van der Waals surface area contributed by atoms with E-state index in [1.165, 1.54) is 51.4 Å². The lowest BCUT2D eigenvalue weighted by molar-refractivity contribution is -0.0219. The summed E-state index contributed by atoms with van der Waals surface area (Å²) in [6.07, 6.45) is 47.0. The number of likely N-dealkylation sites (tertiary alicyclic amines) is 2. The Hall–Kier alpha value is -0.160. The van der Waals surface area contributed by atoms with E-state index in [1.807, 2.05) is 0 Å². The summed E-state index contributed by atoms with van der Waals surface area (Å²) in [7, 11) is 0. The SMILES string of the molecule is C1CCC(N2C3CCCCC3C3CC4C5CCCCC5N5C6CC7C8C9C(CC%10C%11CCCCC%11N(C7CC6C(C32)C45)C%108)C2CCCCC2N9C2CCCCC2)CC1. The Morgan fingerprint density at radius 3 is 0.862 bits per heavy atom. The minimum absolute atomic E-state index is 0.934. The number of hydrogen-bond acceptors (Lipinski definition) is 4. The van der Waals surface area contributed by atoms with E-state index in [1.54, 1.807) is 141 Å². The molecule has 0 bridgehead atoms. The van der Waals surface area contributed by atoms with Crippen molar-refractivity contribution in [3.8, 4) is 0 Å². The summed E-state index contributed by atoms with van der Waals surface area (Å²) in [6, 6.07) is 11.4. The third kappa shape index (κ3) is 4.76. The molecule has 22 unspecified atom stereocenters. The van der Waals surface area contributed by atoms with Gasteiger partial charge in [0, 0.05) is 72.5 Å². The van der Waals surface area contributed by atoms with Gasteiger partial charge in [-0.05, 0) is 174 Å². The van der Waals surface area contributed by atoms with Gasteiger partial charge in [0.2, 0.25) is 0 Å². The van der Waals surface area contributed by atoms with Gasteiger partial charge in [0.25, 0.3) is 0 Å². The molecule has 9 saturated carbocycles. The lowest BCUT2D eigenvalue weighted by Crippen LogP contribution is -2.57. The molecule has 22 atom stereocenters. The lowest BCUT2D eigenvalue weighted by atomic mass is 9.55. The summed E-state index contributed by atoms with van der Waals surface area (Å²) in [4.78, 5) is 14.1. The molecule has 6 aliphatic heterocycles. The first kappa shape index (κ1) is 36.2. The fraction of sp³-hybridized carbons (Fsp3) is 1.00. The van der Waals surface area contributed by atoms with Gasteiger partial charge < -0.3 is 0 Å². The van der Waals surface area contributed by atoms with Crippen LogP contribution in [0.2, 0.25) is 0 Å². The van der Waals surface area contributed by atoms with Crippen molar-refractivity contribution >= 4 is 0 Å². The smallest absolute Gasteiger partial charge is 0.0179 e. The summed E-state index contributed by atoms with van der Waals surface area (Å²) in [5.74, 6) is 12.5. The van der Waals surface area contributed by atoms with E-state index >= 15 is 0 Å². The van der Waals surface area contributed by atoms with E-state index in [9.17, 15) is 0 Å². The molecule has 320 valence electrons. The van der Waals surface area contributed by atoms with Crippen molar-refractivity contribution in [2.45, 2.75) is 265 Å². The van der Waals surface area contributed by atoms with E-state index in [0.29, 0.717) is 0 Å². The maximum absolute atomic E-state index is 3.55. The van der Waals surface area contributed by atoms with E-state index in [2.05, 4.69) is 19.6 Å². The highest BCUT2D eigenvalue weighted by Crippen LogP contribution is 2.71. The highest BCUT2D eigenvalue weighted by molar-refractivity contribution is 5.28. The van der Waals surface area contributed by atoms with Gasteiger partial charge in [-0.25, -0.2) is 0 Å². The molecule has 0 spiro atoms. The van der Waals surface area contributed by atoms with Gasteiger partial charge in [-0.15, -0.1) is 0 Å². The van der Waals surface area contributed by atoms with Crippen molar-refractivity contribution in [2.75, 3.05) is 0 Å². The van der Waals surface area contributed by atoms with Crippen LogP contribution in [0.3, 0.4) is 0 Å². The Kier molecular flexibility index (Phi) is 8.54. The molecule has 15 fully saturated rings. The number of hydrogen-bond donors (Lipinski definition) is 0. The molecule has 0 aromatic rings. The summed E-state index contributed by atoms with van der Waals surface area (Å²) in [5.41, 5.74) is 0. The predicted molar refractivity (Wildman–Crippen MR) is 233 cm³/mol. The standard InChI is InChI=1S/C54H84N4/c1-3-15-31(16-4-1)55-43-23-11-7-19-33(43)37-27-39-35-21-9-13-25-45(35)57-47-30-42-48(29-41(47)49(51(37)55)53(39)57)58-46-26-14-10-22-36(46)40-28-38-34-20-8-12-24-44(34)56(32-17-5-2-6-18-32)52(38)50(42)54(40)58/h31-54H,1-30H2. The van der Waals surface area contributed by atoms with Gasteiger partial charge in [-0.3, -0.25) is 19.6 Å². The van der Waals surface area contributed by atoms with Crippen LogP contribution in [-0.2, 0) is 0 Å². The molecule has 0 radical (unpaired) electrons. The molecule has 6 saturated heterocycles. The average Bonchev–Trinajstić information content (AvgIpc) is 4.11. The minimum Gasteiger partial charge on any atom is -0.294 e. The van der Waals surface area contributed by atoms with Crippen LogP contribution in [0.15, 0.2) is 0 Å². The monoisotopic (exact) mass is 789 g/mol. The third-order valence-electron chi connectivity index (χ3n) is 24.4. The molecule has 9 aliphatic carbocycles. The van der Waals surface area contributed by atoms with Crippen molar-refractivity contribution in [3.63, 3.8) is 0 Å². The Balaban J connectivity index is 0.855. The van der Waals surface area contributed by atoms with Crippen molar-refractivity contribution < 1.29 is 0 Å². The molecule has 6 heterocycles. The molecule has 0 aromatic carbocycles. The molecular formula is C54H84N4. The first-order chi connectivity index (χ1) is 28.8. The molecule has 58 heavy (non-hydrogen) atoms. The molecule has 4 heteroatoms. The number of nitrogens with zero attached hydrogens (tertiary/aromatic N) is 4. The fourth-order valence-electron chi connectivity index (χ4n) is 23.5. The second-order valence-corrected chi connectivity index (χ2v) is 25.6. The summed E-state index contributed by atoms with van der Waals surface area (Å²) < 4.78 is 0. The van der Waals surface area contributed by atoms with Crippen LogP contribution < -0.4 is 0 Å². The Morgan fingerprint density at radius 2 is 0.500 bits per heavy atom. The van der Waals surface area contributed by atoms with Crippen LogP contribution in [0, 0.1) is 71.0 Å². The second-order valence-electron chi connectivity index (χ2n) is 25.6. The van der Waals surface area contributed by atoms with Gasteiger partial charge in [0.1, 0.15) is 0 Å². The van der Waals surface area contributed by atoms with Crippen molar-refractivity contribution in [1.29, 1.82) is 0 Å². The van der Waals surface area contributed by atoms with E-state index in [4.69, 9.17) is 0 Å². The molecule has 4 nitrogen and oxygen atoms in total. The van der Waals surface area contributed by atoms with Gasteiger partial charge in [0.15, 0.2) is 0 Å². The quantitative estimate of drug-likeness (QED) is 0.276. The molecular weight excluding hydrogens is 705 g/mol. The predicted octanol–water partition coefficient (Wildman–Crippen LogP) is 10.9. The van der Waals surface area contributed by atoms with Crippen molar-refractivity contribution in [2.24, 2.45) is 71.0 Å². The zero-order valence-corrected chi connectivity index (χ0v) is 36.9. The van der Waals surface area contributed by atoms with Crippen molar-refractivity contribution in [3.05, 3.63) is 0 Å². The molecule has 0 N–H and O–H groups in total. The number of rotatable bonds is 2. The zero-order valence-electron chi connectivity index (χ0n) is 36.9. The first-order valence-corrected chi connectivity index (χ1v) is 27.9. The highest BCUT2D eigenvalue weighted by Gasteiger charge is 2.75. The van der Waals surface area contributed by atoms with E-state index < -0.39 is 0 Å². The maximum Gasteiger partial charge on any atom is 0.0179 e. The second kappa shape index (κ2) is 13.7. The van der Waals surface area contributed by atoms with Crippen LogP contribution in [0.1, 0.15) is 193 Å². The first-order valence-electron chi connectivity index (χ1n) is 27.9. The van der Waals surface area contributed by atoms with Crippen LogP contribution in [-0.4, -0.2) is 92.1 Å². The Bertz CT molecular complexity index is 1450. The zero-order chi connectivity index (χ0) is 37.4. The van der Waals surface area contributed by atoms with Gasteiger partial charge >= 0.3 is 0 Å². The largest absolute Gasteiger partial charge is 0.294 e. The van der Waals surface area contributed by atoms with Crippen molar-refractivity contribution in [1.82, 2.24) is 19.6 Å². The Labute approximate surface area is 354 Å². The topological polar surface area (TPSA) is 13.0 Å². The molecule has 15 aliphatic rings. The van der Waals surface area contributed by atoms with Crippen LogP contribution in [0.5, 0.6) is 0 Å². The molecule has 15 rings (SSSR count). The summed E-state index contributed by atoms with van der Waals surface area (Å²) in [6.45, 7) is 0. The average molecular weight is 789 g/mol. The minimum atomic E-state index is 0.934. The molecule has 0 aromatic heterocycles. The van der Waals surface area contributed by atoms with Gasteiger partial charge in [-0.2, -0.15) is 0 Å². The Morgan fingerprint density at radius 1 is 0.207 bits per heavy atom. The fourth-order valence-corrected chi connectivity index (χ4v) is 23.5. The van der Waals surface area contributed by atoms with Crippen LogP contribution >= 0.6 is 0 Å². The maximum atomic E-state index is 3.55. The van der Waals surface area contributed by atoms with E-state index in [0.717, 1.165) is 144 Å². The summed E-state index contributed by atoms with van der Waals surface area (Å²) in [5, 5.41) is 0. The number of fused-ring (bicyclic) bond motifs is 20. The van der Waals surface area contributed by atoms with E-state index in [-0.39, 0.29) is 0 Å². The summed E-state index contributed by atoms with van der Waals surface area (Å²) >= 11 is 0.